The Balaban J connectivity index is 1.65. The lowest BCUT2D eigenvalue weighted by Crippen LogP contribution is -2.45. The average molecular weight is 759 g/mol. The van der Waals surface area contributed by atoms with E-state index in [2.05, 4.69) is 15.2 Å². The molecule has 0 radical (unpaired) electrons. The molecule has 0 amide bonds. The van der Waals surface area contributed by atoms with Gasteiger partial charge >= 0.3 is 25.7 Å². The highest BCUT2D eigenvalue weighted by atomic mass is 31.2. The van der Waals surface area contributed by atoms with Crippen LogP contribution in [-0.2, 0) is 42.4 Å². The van der Waals surface area contributed by atoms with E-state index in [0.29, 0.717) is 5.52 Å². The van der Waals surface area contributed by atoms with Crippen molar-refractivity contribution in [3.05, 3.63) is 54.5 Å². The summed E-state index contributed by atoms with van der Waals surface area (Å²) in [6, 6.07) is 11.5. The maximum Gasteiger partial charge on any atom is 0.460 e. The number of anilines is 1. The van der Waals surface area contributed by atoms with E-state index in [1.54, 1.807) is 38.1 Å². The van der Waals surface area contributed by atoms with Crippen LogP contribution in [0.5, 0.6) is 5.75 Å². The van der Waals surface area contributed by atoms with E-state index < -0.39 is 91.4 Å². The number of aliphatic hydroxyl groups is 2. The van der Waals surface area contributed by atoms with Gasteiger partial charge < -0.3 is 39.4 Å². The number of hydrogen-bond acceptors (Lipinski definition) is 16. The standard InChI is InChI=1S/C34H43N6O12P/c1-19(2)47-29(43)20(3)39-53(46,51-21-11-9-8-10-12-21)52-30-33(17-35)34(30,49-25(42)16-32(6,7)45)27(48-24(41)15-31(4,5)44)26(50-33)22-13-14-23-28(36)37-18-38-40(22)23/h8-14,18-20,26-27,30,44-45H,15-16H2,1-7H3,(H,39,46)(H2,36,37,38)/t20-,26-,27-,30+,33+,34+,53+/m0/s1. The maximum atomic E-state index is 14.7. The molecule has 0 spiro atoms. The van der Waals surface area contributed by atoms with Crippen molar-refractivity contribution in [2.45, 2.75) is 114 Å². The van der Waals surface area contributed by atoms with Gasteiger partial charge in [0.15, 0.2) is 18.0 Å². The quantitative estimate of drug-likeness (QED) is 0.0987. The number of nitrogens with two attached hydrogens (primary N) is 1. The molecule has 286 valence electrons. The number of carbonyl (C=O) groups is 3. The van der Waals surface area contributed by atoms with Crippen molar-refractivity contribution in [2.75, 3.05) is 5.73 Å². The molecule has 3 heterocycles. The van der Waals surface area contributed by atoms with Crippen molar-refractivity contribution in [2.24, 2.45) is 0 Å². The summed E-state index contributed by atoms with van der Waals surface area (Å²) in [5.41, 5.74) is -1.34. The second-order valence-corrected chi connectivity index (χ2v) is 16.1. The number of para-hydroxylation sites is 1. The first-order valence-electron chi connectivity index (χ1n) is 16.7. The molecular formula is C34H43N6O12P. The number of hydrogen-bond donors (Lipinski definition) is 4. The summed E-state index contributed by atoms with van der Waals surface area (Å²) in [4.78, 5) is 43.9. The molecule has 1 aromatic carbocycles. The van der Waals surface area contributed by atoms with Gasteiger partial charge in [-0.3, -0.25) is 18.9 Å². The average Bonchev–Trinajstić information content (AvgIpc) is 3.27. The van der Waals surface area contributed by atoms with E-state index in [0.717, 1.165) is 6.33 Å². The fourth-order valence-electron chi connectivity index (χ4n) is 6.05. The zero-order valence-electron chi connectivity index (χ0n) is 30.2. The van der Waals surface area contributed by atoms with Gasteiger partial charge in [-0.2, -0.15) is 15.4 Å². The summed E-state index contributed by atoms with van der Waals surface area (Å²) < 4.78 is 51.5. The maximum absolute atomic E-state index is 14.7. The summed E-state index contributed by atoms with van der Waals surface area (Å²) >= 11 is 0. The first-order chi connectivity index (χ1) is 24.6. The largest absolute Gasteiger partial charge is 0.462 e. The first-order valence-corrected chi connectivity index (χ1v) is 18.2. The molecule has 2 fully saturated rings. The Bertz CT molecular complexity index is 1950. The predicted molar refractivity (Wildman–Crippen MR) is 183 cm³/mol. The number of rotatable bonds is 15. The van der Waals surface area contributed by atoms with Crippen LogP contribution in [-0.4, -0.2) is 89.5 Å². The fourth-order valence-corrected chi connectivity index (χ4v) is 7.77. The Morgan fingerprint density at radius 1 is 1.08 bits per heavy atom. The molecule has 1 aliphatic carbocycles. The van der Waals surface area contributed by atoms with Crippen molar-refractivity contribution >= 4 is 37.0 Å². The van der Waals surface area contributed by atoms with Crippen LogP contribution in [0, 0.1) is 11.3 Å². The second-order valence-electron chi connectivity index (χ2n) is 14.5. The molecule has 19 heteroatoms. The normalized spacial score (nSPS) is 25.5. The fraction of sp³-hybridized carbons (Fsp3) is 0.529. The number of fused-ring (bicyclic) bond motifs is 2. The molecule has 2 aliphatic rings. The Hall–Kier alpha value is -4.63. The van der Waals surface area contributed by atoms with E-state index >= 15 is 0 Å². The molecule has 53 heavy (non-hydrogen) atoms. The molecule has 1 saturated heterocycles. The minimum absolute atomic E-state index is 0.0292. The second kappa shape index (κ2) is 14.3. The van der Waals surface area contributed by atoms with Gasteiger partial charge in [0.1, 0.15) is 35.8 Å². The Labute approximate surface area is 305 Å². The lowest BCUT2D eigenvalue weighted by molar-refractivity contribution is -0.182. The van der Waals surface area contributed by atoms with Crippen LogP contribution in [0.1, 0.15) is 73.1 Å². The topological polar surface area (TPSA) is 256 Å². The van der Waals surface area contributed by atoms with Crippen LogP contribution in [0.3, 0.4) is 0 Å². The molecule has 1 saturated carbocycles. The Morgan fingerprint density at radius 2 is 1.72 bits per heavy atom. The molecule has 7 atom stereocenters. The van der Waals surface area contributed by atoms with Crippen LogP contribution >= 0.6 is 7.75 Å². The number of nitrogens with zero attached hydrogens (tertiary/aromatic N) is 4. The van der Waals surface area contributed by atoms with Gasteiger partial charge in [0.2, 0.25) is 11.2 Å². The van der Waals surface area contributed by atoms with Gasteiger partial charge in [0, 0.05) is 0 Å². The van der Waals surface area contributed by atoms with Gasteiger partial charge in [-0.05, 0) is 72.7 Å². The SMILES string of the molecule is CC(C)OC(=O)[C@H](C)N[P@@](=O)(Oc1ccccc1)O[C@H]1[C@]2(OC(=O)CC(C)(C)O)[C@@H](OC(=O)CC(C)(C)O)[C@H](c3ccc4c(N)ncnn34)O[C@]12C#N. The predicted octanol–water partition coefficient (Wildman–Crippen LogP) is 2.68. The van der Waals surface area contributed by atoms with Crippen molar-refractivity contribution in [3.63, 3.8) is 0 Å². The molecule has 5 N–H and O–H groups in total. The van der Waals surface area contributed by atoms with Crippen LogP contribution in [0.15, 0.2) is 48.8 Å². The Morgan fingerprint density at radius 3 is 2.32 bits per heavy atom. The lowest BCUT2D eigenvalue weighted by Gasteiger charge is -2.31. The highest BCUT2D eigenvalue weighted by Crippen LogP contribution is 2.71. The number of carbonyl (C=O) groups excluding carboxylic acids is 3. The molecular weight excluding hydrogens is 715 g/mol. The molecule has 3 aromatic rings. The molecule has 0 bridgehead atoms. The summed E-state index contributed by atoms with van der Waals surface area (Å²) in [5, 5.41) is 38.6. The molecule has 1 aliphatic heterocycles. The number of nitriles is 1. The van der Waals surface area contributed by atoms with Crippen molar-refractivity contribution in [3.8, 4) is 11.8 Å². The summed E-state index contributed by atoms with van der Waals surface area (Å²) in [5.74, 6) is -2.75. The third-order valence-corrected chi connectivity index (χ3v) is 9.84. The minimum Gasteiger partial charge on any atom is -0.462 e. The van der Waals surface area contributed by atoms with Crippen molar-refractivity contribution in [1.29, 1.82) is 5.26 Å². The van der Waals surface area contributed by atoms with Crippen LogP contribution < -0.4 is 15.3 Å². The van der Waals surface area contributed by atoms with Gasteiger partial charge in [-0.15, -0.1) is 0 Å². The van der Waals surface area contributed by atoms with Crippen LogP contribution in [0.25, 0.3) is 5.52 Å². The van der Waals surface area contributed by atoms with Gasteiger partial charge in [0.25, 0.3) is 0 Å². The molecule has 5 rings (SSSR count). The number of aromatic nitrogens is 3. The third kappa shape index (κ3) is 8.15. The number of ether oxygens (including phenoxy) is 4. The van der Waals surface area contributed by atoms with Crippen LogP contribution in [0.4, 0.5) is 5.82 Å². The zero-order valence-corrected chi connectivity index (χ0v) is 31.1. The van der Waals surface area contributed by atoms with Crippen LogP contribution in [0.2, 0.25) is 0 Å². The molecule has 0 unspecified atom stereocenters. The molecule has 2 aromatic heterocycles. The minimum atomic E-state index is -4.79. The summed E-state index contributed by atoms with van der Waals surface area (Å²) in [6.07, 6.45) is -5.50. The van der Waals surface area contributed by atoms with Crippen molar-refractivity contribution < 1.29 is 57.2 Å². The van der Waals surface area contributed by atoms with Gasteiger partial charge in [-0.1, -0.05) is 18.2 Å². The summed E-state index contributed by atoms with van der Waals surface area (Å²) in [6.45, 7) is 10.0. The number of nitrogens with one attached hydrogen (secondary N) is 1. The highest BCUT2D eigenvalue weighted by molar-refractivity contribution is 7.52. The van der Waals surface area contributed by atoms with E-state index in [9.17, 15) is 34.4 Å². The number of nitrogen functional groups attached to an aromatic ring is 1. The van der Waals surface area contributed by atoms with Crippen molar-refractivity contribution in [1.82, 2.24) is 19.7 Å². The lowest BCUT2D eigenvalue weighted by atomic mass is 10.0. The zero-order chi connectivity index (χ0) is 39.1. The summed E-state index contributed by atoms with van der Waals surface area (Å²) in [7, 11) is -4.79. The van der Waals surface area contributed by atoms with E-state index in [1.165, 1.54) is 57.3 Å². The van der Waals surface area contributed by atoms with E-state index in [-0.39, 0.29) is 17.3 Å². The van der Waals surface area contributed by atoms with E-state index in [1.807, 2.05) is 6.07 Å². The Kier molecular flexibility index (Phi) is 10.7. The van der Waals surface area contributed by atoms with Gasteiger partial charge in [-0.25, -0.2) is 14.1 Å². The highest BCUT2D eigenvalue weighted by Gasteiger charge is 2.95. The smallest absolute Gasteiger partial charge is 0.460 e. The molecule has 18 nitrogen and oxygen atoms in total. The number of benzene rings is 1. The monoisotopic (exact) mass is 758 g/mol. The third-order valence-electron chi connectivity index (χ3n) is 8.20. The first kappa shape index (κ1) is 39.6. The van der Waals surface area contributed by atoms with E-state index in [4.69, 9.17) is 33.7 Å². The van der Waals surface area contributed by atoms with Gasteiger partial charge in [0.05, 0.1) is 35.8 Å². The number of esters is 3.